The van der Waals surface area contributed by atoms with E-state index in [1.54, 1.807) is 23.3 Å². The number of aromatic nitrogens is 2. The molecule has 0 unspecified atom stereocenters. The van der Waals surface area contributed by atoms with E-state index < -0.39 is 0 Å². The molecule has 2 aromatic rings. The van der Waals surface area contributed by atoms with E-state index in [1.807, 2.05) is 13.8 Å². The van der Waals surface area contributed by atoms with Gasteiger partial charge >= 0.3 is 0 Å². The number of aryl methyl sites for hydroxylation is 3. The highest BCUT2D eigenvalue weighted by Gasteiger charge is 2.13. The van der Waals surface area contributed by atoms with Crippen molar-refractivity contribution < 1.29 is 5.21 Å². The van der Waals surface area contributed by atoms with Crippen molar-refractivity contribution in [3.63, 3.8) is 0 Å². The highest BCUT2D eigenvalue weighted by molar-refractivity contribution is 6.02. The quantitative estimate of drug-likeness (QED) is 0.353. The van der Waals surface area contributed by atoms with Gasteiger partial charge in [0.25, 0.3) is 0 Å². The van der Waals surface area contributed by atoms with Gasteiger partial charge in [0.05, 0.1) is 0 Å². The zero-order chi connectivity index (χ0) is 12.4. The molecule has 0 radical (unpaired) electrons. The van der Waals surface area contributed by atoms with Crippen LogP contribution in [0, 0.1) is 20.8 Å². The van der Waals surface area contributed by atoms with Crippen LogP contribution in [0.1, 0.15) is 22.3 Å². The number of oxime groups is 1. The normalized spacial score (nSPS) is 11.8. The number of benzene rings is 1. The molecular weight excluding hydrogens is 214 g/mol. The summed E-state index contributed by atoms with van der Waals surface area (Å²) in [6.45, 7) is 6.08. The SMILES string of the molecule is Cc1cc(C)c(C(=NO)n2ccnc2)c(C)c1. The third-order valence-electron chi connectivity index (χ3n) is 2.74. The Morgan fingerprint density at radius 1 is 1.24 bits per heavy atom. The first-order valence-corrected chi connectivity index (χ1v) is 5.42. The first-order chi connectivity index (χ1) is 8.13. The zero-order valence-corrected chi connectivity index (χ0v) is 10.2. The third kappa shape index (κ3) is 2.06. The molecule has 1 N–H and O–H groups in total. The highest BCUT2D eigenvalue weighted by Crippen LogP contribution is 2.18. The second-order valence-corrected chi connectivity index (χ2v) is 4.17. The summed E-state index contributed by atoms with van der Waals surface area (Å²) in [7, 11) is 0. The van der Waals surface area contributed by atoms with E-state index in [0.29, 0.717) is 5.84 Å². The molecule has 0 spiro atoms. The molecule has 2 rings (SSSR count). The minimum atomic E-state index is 0.498. The van der Waals surface area contributed by atoms with Gasteiger partial charge in [-0.25, -0.2) is 4.98 Å². The van der Waals surface area contributed by atoms with Crippen LogP contribution in [-0.4, -0.2) is 20.6 Å². The molecule has 1 aromatic carbocycles. The average molecular weight is 229 g/mol. The molecule has 0 aliphatic rings. The lowest BCUT2D eigenvalue weighted by Crippen LogP contribution is -2.15. The number of hydrogen-bond acceptors (Lipinski definition) is 3. The van der Waals surface area contributed by atoms with Crippen LogP contribution in [0.25, 0.3) is 0 Å². The van der Waals surface area contributed by atoms with Crippen LogP contribution >= 0.6 is 0 Å². The van der Waals surface area contributed by atoms with Gasteiger partial charge in [0.1, 0.15) is 6.33 Å². The van der Waals surface area contributed by atoms with E-state index in [9.17, 15) is 5.21 Å². The van der Waals surface area contributed by atoms with Crippen LogP contribution in [0.4, 0.5) is 0 Å². The summed E-state index contributed by atoms with van der Waals surface area (Å²) < 4.78 is 1.70. The number of rotatable bonds is 1. The van der Waals surface area contributed by atoms with Crippen molar-refractivity contribution in [1.82, 2.24) is 9.55 Å². The Hall–Kier alpha value is -2.10. The van der Waals surface area contributed by atoms with Crippen LogP contribution in [-0.2, 0) is 0 Å². The molecule has 0 aliphatic carbocycles. The van der Waals surface area contributed by atoms with E-state index in [2.05, 4.69) is 29.2 Å². The van der Waals surface area contributed by atoms with E-state index >= 15 is 0 Å². The van der Waals surface area contributed by atoms with Crippen molar-refractivity contribution in [2.24, 2.45) is 5.16 Å². The van der Waals surface area contributed by atoms with Gasteiger partial charge in [0, 0.05) is 18.0 Å². The Bertz CT molecular complexity index is 533. The third-order valence-corrected chi connectivity index (χ3v) is 2.74. The minimum Gasteiger partial charge on any atom is -0.409 e. The summed E-state index contributed by atoms with van der Waals surface area (Å²) in [6.07, 6.45) is 5.03. The van der Waals surface area contributed by atoms with Crippen molar-refractivity contribution in [2.45, 2.75) is 20.8 Å². The summed E-state index contributed by atoms with van der Waals surface area (Å²) in [4.78, 5) is 3.96. The maximum atomic E-state index is 9.21. The van der Waals surface area contributed by atoms with Crippen LogP contribution in [0.5, 0.6) is 0 Å². The molecule has 88 valence electrons. The van der Waals surface area contributed by atoms with Crippen molar-refractivity contribution >= 4 is 5.84 Å². The summed E-state index contributed by atoms with van der Waals surface area (Å²) in [5.41, 5.74) is 4.32. The molecule has 1 aromatic heterocycles. The lowest BCUT2D eigenvalue weighted by atomic mass is 9.99. The Morgan fingerprint density at radius 2 is 1.88 bits per heavy atom. The molecule has 4 heteroatoms. The Morgan fingerprint density at radius 3 is 2.35 bits per heavy atom. The van der Waals surface area contributed by atoms with Crippen molar-refractivity contribution in [3.8, 4) is 0 Å². The molecule has 0 amide bonds. The molecular formula is C13H15N3O. The Balaban J connectivity index is 2.61. The smallest absolute Gasteiger partial charge is 0.185 e. The fourth-order valence-electron chi connectivity index (χ4n) is 2.15. The van der Waals surface area contributed by atoms with Gasteiger partial charge < -0.3 is 5.21 Å². The second-order valence-electron chi connectivity index (χ2n) is 4.17. The van der Waals surface area contributed by atoms with Crippen LogP contribution in [0.2, 0.25) is 0 Å². The Labute approximate surface area is 100 Å². The largest absolute Gasteiger partial charge is 0.409 e. The summed E-state index contributed by atoms with van der Waals surface area (Å²) in [5, 5.41) is 12.6. The van der Waals surface area contributed by atoms with Gasteiger partial charge in [-0.2, -0.15) is 0 Å². The van der Waals surface area contributed by atoms with Gasteiger partial charge in [-0.05, 0) is 31.9 Å². The van der Waals surface area contributed by atoms with E-state index in [-0.39, 0.29) is 0 Å². The van der Waals surface area contributed by atoms with Crippen LogP contribution in [0.3, 0.4) is 0 Å². The van der Waals surface area contributed by atoms with Crippen molar-refractivity contribution in [1.29, 1.82) is 0 Å². The summed E-state index contributed by atoms with van der Waals surface area (Å²) >= 11 is 0. The van der Waals surface area contributed by atoms with Crippen molar-refractivity contribution in [2.75, 3.05) is 0 Å². The maximum absolute atomic E-state index is 9.21. The van der Waals surface area contributed by atoms with Gasteiger partial charge in [-0.15, -0.1) is 0 Å². The van der Waals surface area contributed by atoms with E-state index in [0.717, 1.165) is 16.7 Å². The summed E-state index contributed by atoms with van der Waals surface area (Å²) in [6, 6.07) is 4.15. The van der Waals surface area contributed by atoms with Crippen LogP contribution in [0.15, 0.2) is 36.0 Å². The standard InChI is InChI=1S/C13H15N3O/c1-9-6-10(2)12(11(3)7-9)13(15-17)16-5-4-14-8-16/h4-8,17H,1-3H3. The lowest BCUT2D eigenvalue weighted by Gasteiger charge is -2.12. The fourth-order valence-corrected chi connectivity index (χ4v) is 2.15. The van der Waals surface area contributed by atoms with Gasteiger partial charge in [-0.1, -0.05) is 22.9 Å². The topological polar surface area (TPSA) is 50.4 Å². The fraction of sp³-hybridized carbons (Fsp3) is 0.231. The van der Waals surface area contributed by atoms with Gasteiger partial charge in [0.15, 0.2) is 5.84 Å². The first-order valence-electron chi connectivity index (χ1n) is 5.42. The number of hydrogen-bond donors (Lipinski definition) is 1. The highest BCUT2D eigenvalue weighted by atomic mass is 16.4. The number of nitrogens with zero attached hydrogens (tertiary/aromatic N) is 3. The predicted octanol–water partition coefficient (Wildman–Crippen LogP) is 2.49. The molecule has 1 heterocycles. The van der Waals surface area contributed by atoms with Crippen LogP contribution < -0.4 is 0 Å². The summed E-state index contributed by atoms with van der Waals surface area (Å²) in [5.74, 6) is 0.498. The molecule has 0 bridgehead atoms. The molecule has 0 fully saturated rings. The molecule has 17 heavy (non-hydrogen) atoms. The van der Waals surface area contributed by atoms with E-state index in [1.165, 1.54) is 5.56 Å². The molecule has 0 saturated heterocycles. The zero-order valence-electron chi connectivity index (χ0n) is 10.2. The van der Waals surface area contributed by atoms with Crippen molar-refractivity contribution in [3.05, 3.63) is 53.1 Å². The molecule has 0 saturated carbocycles. The monoisotopic (exact) mass is 229 g/mol. The molecule has 0 aliphatic heterocycles. The lowest BCUT2D eigenvalue weighted by molar-refractivity contribution is 0.317. The first kappa shape index (κ1) is 11.4. The molecule has 4 nitrogen and oxygen atoms in total. The predicted molar refractivity (Wildman–Crippen MR) is 66.6 cm³/mol. The Kier molecular flexibility index (Phi) is 2.95. The second kappa shape index (κ2) is 4.41. The van der Waals surface area contributed by atoms with Gasteiger partial charge in [-0.3, -0.25) is 4.57 Å². The van der Waals surface area contributed by atoms with E-state index in [4.69, 9.17) is 0 Å². The average Bonchev–Trinajstić information content (AvgIpc) is 2.76. The van der Waals surface area contributed by atoms with Gasteiger partial charge in [0.2, 0.25) is 0 Å². The number of imidazole rings is 1. The maximum Gasteiger partial charge on any atom is 0.185 e. The minimum absolute atomic E-state index is 0.498. The molecule has 0 atom stereocenters.